The van der Waals surface area contributed by atoms with E-state index in [0.29, 0.717) is 12.1 Å². The van der Waals surface area contributed by atoms with Gasteiger partial charge in [0.05, 0.1) is 18.7 Å². The van der Waals surface area contributed by atoms with Crippen molar-refractivity contribution in [2.24, 2.45) is 0 Å². The summed E-state index contributed by atoms with van der Waals surface area (Å²) in [5, 5.41) is 5.38. The van der Waals surface area contributed by atoms with Gasteiger partial charge in [-0.05, 0) is 11.6 Å². The predicted octanol–water partition coefficient (Wildman–Crippen LogP) is 0.827. The lowest BCUT2D eigenvalue weighted by Gasteiger charge is -2.12. The van der Waals surface area contributed by atoms with E-state index in [-0.39, 0.29) is 12.1 Å². The summed E-state index contributed by atoms with van der Waals surface area (Å²) >= 11 is 0. The van der Waals surface area contributed by atoms with Crippen LogP contribution in [0.3, 0.4) is 0 Å². The zero-order valence-electron chi connectivity index (χ0n) is 8.82. The fourth-order valence-corrected chi connectivity index (χ4v) is 1.74. The van der Waals surface area contributed by atoms with Crippen molar-refractivity contribution in [1.82, 2.24) is 10.6 Å². The van der Waals surface area contributed by atoms with E-state index in [4.69, 9.17) is 4.74 Å². The fraction of sp³-hybridized carbons (Fsp3) is 0.273. The average Bonchev–Trinajstić information content (AvgIpc) is 2.75. The molecule has 2 rings (SSSR count). The number of urea groups is 1. The van der Waals surface area contributed by atoms with Crippen LogP contribution in [0.5, 0.6) is 0 Å². The van der Waals surface area contributed by atoms with Gasteiger partial charge in [0.25, 0.3) is 0 Å². The molecular formula is C11H12N2O3. The minimum atomic E-state index is -0.392. The Morgan fingerprint density at radius 3 is 2.81 bits per heavy atom. The smallest absolute Gasteiger partial charge is 0.338 e. The van der Waals surface area contributed by atoms with E-state index in [9.17, 15) is 9.59 Å². The van der Waals surface area contributed by atoms with Gasteiger partial charge in [0.2, 0.25) is 0 Å². The second-order valence-electron chi connectivity index (χ2n) is 3.49. The number of benzene rings is 1. The molecule has 1 aliphatic heterocycles. The van der Waals surface area contributed by atoms with E-state index < -0.39 is 5.97 Å². The number of nitrogens with one attached hydrogen (secondary N) is 2. The molecule has 2 N–H and O–H groups in total. The van der Waals surface area contributed by atoms with Gasteiger partial charge in [-0.15, -0.1) is 0 Å². The van der Waals surface area contributed by atoms with Crippen LogP contribution < -0.4 is 10.6 Å². The lowest BCUT2D eigenvalue weighted by atomic mass is 10.0. The van der Waals surface area contributed by atoms with E-state index >= 15 is 0 Å². The van der Waals surface area contributed by atoms with E-state index in [1.54, 1.807) is 12.1 Å². The molecule has 1 aliphatic rings. The number of hydrogen-bond donors (Lipinski definition) is 2. The second kappa shape index (κ2) is 4.22. The van der Waals surface area contributed by atoms with Crippen LogP contribution in [0.1, 0.15) is 22.0 Å². The van der Waals surface area contributed by atoms with Crippen LogP contribution in [0.15, 0.2) is 24.3 Å². The maximum absolute atomic E-state index is 11.5. The van der Waals surface area contributed by atoms with E-state index in [1.807, 2.05) is 12.1 Å². The minimum Gasteiger partial charge on any atom is -0.465 e. The average molecular weight is 220 g/mol. The van der Waals surface area contributed by atoms with Gasteiger partial charge < -0.3 is 15.4 Å². The lowest BCUT2D eigenvalue weighted by Crippen LogP contribution is -2.22. The number of carbonyl (C=O) groups excluding carboxylic acids is 2. The number of carbonyl (C=O) groups is 2. The van der Waals surface area contributed by atoms with Crippen LogP contribution in [0.25, 0.3) is 0 Å². The van der Waals surface area contributed by atoms with Crippen molar-refractivity contribution in [3.05, 3.63) is 35.4 Å². The summed E-state index contributed by atoms with van der Waals surface area (Å²) in [5.41, 5.74) is 1.26. The zero-order valence-corrected chi connectivity index (χ0v) is 8.82. The molecule has 84 valence electrons. The number of amides is 2. The molecule has 0 unspecified atom stereocenters. The number of ether oxygens (including phenoxy) is 1. The van der Waals surface area contributed by atoms with Crippen molar-refractivity contribution < 1.29 is 14.3 Å². The fourth-order valence-electron chi connectivity index (χ4n) is 1.74. The van der Waals surface area contributed by atoms with Crippen LogP contribution in [0.2, 0.25) is 0 Å². The minimum absolute atomic E-state index is 0.178. The van der Waals surface area contributed by atoms with Crippen molar-refractivity contribution in [3.63, 3.8) is 0 Å². The highest BCUT2D eigenvalue weighted by atomic mass is 16.5. The topological polar surface area (TPSA) is 67.4 Å². The maximum Gasteiger partial charge on any atom is 0.338 e. The molecule has 0 radical (unpaired) electrons. The van der Waals surface area contributed by atoms with Crippen molar-refractivity contribution in [3.8, 4) is 0 Å². The molecule has 0 bridgehead atoms. The summed E-state index contributed by atoms with van der Waals surface area (Å²) < 4.78 is 4.69. The molecule has 1 heterocycles. The molecule has 5 nitrogen and oxygen atoms in total. The maximum atomic E-state index is 11.5. The van der Waals surface area contributed by atoms with Crippen molar-refractivity contribution in [1.29, 1.82) is 0 Å². The highest BCUT2D eigenvalue weighted by Gasteiger charge is 2.25. The van der Waals surface area contributed by atoms with E-state index in [1.165, 1.54) is 7.11 Å². The van der Waals surface area contributed by atoms with Crippen LogP contribution in [-0.2, 0) is 4.74 Å². The van der Waals surface area contributed by atoms with Crippen LogP contribution in [0, 0.1) is 0 Å². The highest BCUT2D eigenvalue weighted by Crippen LogP contribution is 2.20. The monoisotopic (exact) mass is 220 g/mol. The zero-order chi connectivity index (χ0) is 11.5. The third kappa shape index (κ3) is 1.84. The Morgan fingerprint density at radius 2 is 2.19 bits per heavy atom. The van der Waals surface area contributed by atoms with Gasteiger partial charge in [0, 0.05) is 6.54 Å². The highest BCUT2D eigenvalue weighted by molar-refractivity contribution is 5.91. The molecule has 0 spiro atoms. The first-order valence-corrected chi connectivity index (χ1v) is 4.94. The summed E-state index contributed by atoms with van der Waals surface area (Å²) in [6.07, 6.45) is 0. The molecule has 1 saturated heterocycles. The number of rotatable bonds is 2. The van der Waals surface area contributed by atoms with Crippen LogP contribution in [-0.4, -0.2) is 25.7 Å². The van der Waals surface area contributed by atoms with Gasteiger partial charge in [-0.25, -0.2) is 9.59 Å². The second-order valence-corrected chi connectivity index (χ2v) is 3.49. The molecule has 16 heavy (non-hydrogen) atoms. The quantitative estimate of drug-likeness (QED) is 0.725. The SMILES string of the molecule is COC(=O)c1ccccc1[C@H]1CNC(=O)N1. The molecule has 5 heteroatoms. The van der Waals surface area contributed by atoms with Crippen molar-refractivity contribution in [2.45, 2.75) is 6.04 Å². The first kappa shape index (κ1) is 10.5. The Hall–Kier alpha value is -2.04. The summed E-state index contributed by atoms with van der Waals surface area (Å²) in [5.74, 6) is -0.392. The Bertz CT molecular complexity index is 431. The summed E-state index contributed by atoms with van der Waals surface area (Å²) in [6, 6.07) is 6.69. The van der Waals surface area contributed by atoms with Gasteiger partial charge in [-0.1, -0.05) is 18.2 Å². The molecule has 1 aromatic rings. The third-order valence-corrected chi connectivity index (χ3v) is 2.51. The van der Waals surface area contributed by atoms with Gasteiger partial charge in [0.15, 0.2) is 0 Å². The molecule has 1 atom stereocenters. The summed E-state index contributed by atoms with van der Waals surface area (Å²) in [6.45, 7) is 0.479. The Balaban J connectivity index is 2.33. The molecule has 1 fully saturated rings. The molecule has 2 amide bonds. The molecule has 0 saturated carbocycles. The molecule has 1 aromatic carbocycles. The molecule has 0 aliphatic carbocycles. The Morgan fingerprint density at radius 1 is 1.44 bits per heavy atom. The molecular weight excluding hydrogens is 208 g/mol. The third-order valence-electron chi connectivity index (χ3n) is 2.51. The first-order chi connectivity index (χ1) is 7.72. The number of methoxy groups -OCH3 is 1. The summed E-state index contributed by atoms with van der Waals surface area (Å²) in [7, 11) is 1.34. The van der Waals surface area contributed by atoms with Gasteiger partial charge in [-0.2, -0.15) is 0 Å². The number of esters is 1. The van der Waals surface area contributed by atoms with Gasteiger partial charge in [-0.3, -0.25) is 0 Å². The predicted molar refractivity (Wildman–Crippen MR) is 57.1 cm³/mol. The Labute approximate surface area is 92.8 Å². The van der Waals surface area contributed by atoms with E-state index in [2.05, 4.69) is 10.6 Å². The van der Waals surface area contributed by atoms with Crippen LogP contribution >= 0.6 is 0 Å². The van der Waals surface area contributed by atoms with Crippen molar-refractivity contribution >= 4 is 12.0 Å². The summed E-state index contributed by atoms with van der Waals surface area (Å²) in [4.78, 5) is 22.6. The lowest BCUT2D eigenvalue weighted by molar-refractivity contribution is 0.0598. The normalized spacial score (nSPS) is 18.8. The molecule has 0 aromatic heterocycles. The van der Waals surface area contributed by atoms with E-state index in [0.717, 1.165) is 5.56 Å². The largest absolute Gasteiger partial charge is 0.465 e. The first-order valence-electron chi connectivity index (χ1n) is 4.94. The number of hydrogen-bond acceptors (Lipinski definition) is 3. The van der Waals surface area contributed by atoms with Gasteiger partial charge in [0.1, 0.15) is 0 Å². The standard InChI is InChI=1S/C11H12N2O3/c1-16-10(14)8-5-3-2-4-7(8)9-6-12-11(15)13-9/h2-5,9H,6H2,1H3,(H2,12,13,15)/t9-/m1/s1. The van der Waals surface area contributed by atoms with Crippen molar-refractivity contribution in [2.75, 3.05) is 13.7 Å². The Kier molecular flexibility index (Phi) is 2.76. The van der Waals surface area contributed by atoms with Gasteiger partial charge >= 0.3 is 12.0 Å². The van der Waals surface area contributed by atoms with Crippen LogP contribution in [0.4, 0.5) is 4.79 Å².